The summed E-state index contributed by atoms with van der Waals surface area (Å²) >= 11 is 0. The summed E-state index contributed by atoms with van der Waals surface area (Å²) in [5, 5.41) is 6.13. The highest BCUT2D eigenvalue weighted by atomic mass is 16.1. The van der Waals surface area contributed by atoms with Crippen molar-refractivity contribution in [2.24, 2.45) is 0 Å². The molecule has 0 spiro atoms. The first-order valence-corrected chi connectivity index (χ1v) is 6.62. The summed E-state index contributed by atoms with van der Waals surface area (Å²) in [5.74, 6) is 5.24. The van der Waals surface area contributed by atoms with Crippen LogP contribution in [0.25, 0.3) is 0 Å². The molecule has 4 heteroatoms. The monoisotopic (exact) mass is 257 g/mol. The number of hydrogen-bond donors (Lipinski definition) is 2. The zero-order valence-electron chi connectivity index (χ0n) is 11.0. The van der Waals surface area contributed by atoms with Gasteiger partial charge in [-0.15, -0.1) is 0 Å². The van der Waals surface area contributed by atoms with Gasteiger partial charge in [-0.3, -0.25) is 9.69 Å². The van der Waals surface area contributed by atoms with Crippen LogP contribution < -0.4 is 10.6 Å². The molecule has 2 rings (SSSR count). The number of carbonyl (C=O) groups excluding carboxylic acids is 1. The molecule has 1 aliphatic heterocycles. The van der Waals surface area contributed by atoms with E-state index in [0.717, 1.165) is 38.3 Å². The van der Waals surface area contributed by atoms with Gasteiger partial charge in [0.2, 0.25) is 0 Å². The number of nitrogens with zero attached hydrogens (tertiary/aromatic N) is 1. The van der Waals surface area contributed by atoms with Crippen LogP contribution in [0.15, 0.2) is 30.3 Å². The van der Waals surface area contributed by atoms with Gasteiger partial charge >= 0.3 is 0 Å². The van der Waals surface area contributed by atoms with Crippen LogP contribution in [0.2, 0.25) is 0 Å². The van der Waals surface area contributed by atoms with E-state index in [1.54, 1.807) is 0 Å². The Kier molecular flexibility index (Phi) is 5.42. The van der Waals surface area contributed by atoms with Crippen molar-refractivity contribution in [2.75, 3.05) is 39.3 Å². The van der Waals surface area contributed by atoms with Crippen molar-refractivity contribution in [2.45, 2.75) is 0 Å². The molecule has 1 amide bonds. The normalized spacial score (nSPS) is 15.4. The molecule has 1 heterocycles. The maximum Gasteiger partial charge on any atom is 0.296 e. The van der Waals surface area contributed by atoms with Gasteiger partial charge < -0.3 is 10.6 Å². The van der Waals surface area contributed by atoms with Crippen LogP contribution in [0.3, 0.4) is 0 Å². The summed E-state index contributed by atoms with van der Waals surface area (Å²) in [7, 11) is 0. The summed E-state index contributed by atoms with van der Waals surface area (Å²) in [6.45, 7) is 5.70. The maximum absolute atomic E-state index is 11.5. The lowest BCUT2D eigenvalue weighted by atomic mass is 10.2. The third-order valence-corrected chi connectivity index (χ3v) is 3.02. The Morgan fingerprint density at radius 3 is 2.74 bits per heavy atom. The van der Waals surface area contributed by atoms with Crippen LogP contribution in [0.4, 0.5) is 0 Å². The molecule has 0 saturated carbocycles. The van der Waals surface area contributed by atoms with Gasteiger partial charge in [0.15, 0.2) is 0 Å². The van der Waals surface area contributed by atoms with Gasteiger partial charge in [0.05, 0.1) is 0 Å². The lowest BCUT2D eigenvalue weighted by molar-refractivity contribution is -0.115. The largest absolute Gasteiger partial charge is 0.344 e. The van der Waals surface area contributed by atoms with Crippen LogP contribution >= 0.6 is 0 Å². The Morgan fingerprint density at radius 1 is 1.26 bits per heavy atom. The highest BCUT2D eigenvalue weighted by Crippen LogP contribution is 1.94. The van der Waals surface area contributed by atoms with Crippen molar-refractivity contribution >= 4 is 5.91 Å². The van der Waals surface area contributed by atoms with E-state index in [9.17, 15) is 4.79 Å². The first-order chi connectivity index (χ1) is 9.34. The average Bonchev–Trinajstić information content (AvgIpc) is 2.47. The molecular formula is C15H19N3O. The second-order valence-corrected chi connectivity index (χ2v) is 4.46. The molecule has 0 aliphatic carbocycles. The zero-order chi connectivity index (χ0) is 13.3. The fraction of sp³-hybridized carbons (Fsp3) is 0.400. The van der Waals surface area contributed by atoms with E-state index < -0.39 is 0 Å². The number of amides is 1. The van der Waals surface area contributed by atoms with E-state index in [4.69, 9.17) is 0 Å². The van der Waals surface area contributed by atoms with E-state index in [2.05, 4.69) is 27.4 Å². The van der Waals surface area contributed by atoms with Crippen LogP contribution in [0, 0.1) is 11.8 Å². The summed E-state index contributed by atoms with van der Waals surface area (Å²) in [4.78, 5) is 13.9. The molecule has 0 atom stereocenters. The van der Waals surface area contributed by atoms with Crippen molar-refractivity contribution in [1.82, 2.24) is 15.5 Å². The molecule has 0 bridgehead atoms. The van der Waals surface area contributed by atoms with Crippen LogP contribution in [0.1, 0.15) is 5.56 Å². The summed E-state index contributed by atoms with van der Waals surface area (Å²) in [6, 6.07) is 9.53. The topological polar surface area (TPSA) is 44.4 Å². The van der Waals surface area contributed by atoms with E-state index in [1.807, 2.05) is 30.3 Å². The number of carbonyl (C=O) groups is 1. The number of nitrogens with one attached hydrogen (secondary N) is 2. The summed E-state index contributed by atoms with van der Waals surface area (Å²) < 4.78 is 0. The maximum atomic E-state index is 11.5. The molecule has 1 saturated heterocycles. The third kappa shape index (κ3) is 5.12. The number of rotatable bonds is 3. The van der Waals surface area contributed by atoms with Crippen molar-refractivity contribution in [3.63, 3.8) is 0 Å². The van der Waals surface area contributed by atoms with Gasteiger partial charge in [-0.1, -0.05) is 24.1 Å². The van der Waals surface area contributed by atoms with E-state index in [0.29, 0.717) is 6.54 Å². The smallest absolute Gasteiger partial charge is 0.296 e. The molecule has 0 radical (unpaired) electrons. The van der Waals surface area contributed by atoms with Gasteiger partial charge in [0.25, 0.3) is 5.91 Å². The van der Waals surface area contributed by atoms with Crippen molar-refractivity contribution in [3.05, 3.63) is 35.9 Å². The van der Waals surface area contributed by atoms with Gasteiger partial charge in [-0.05, 0) is 12.1 Å². The first-order valence-electron chi connectivity index (χ1n) is 6.62. The minimum atomic E-state index is -0.209. The fourth-order valence-corrected chi connectivity index (χ4v) is 1.96. The highest BCUT2D eigenvalue weighted by molar-refractivity contribution is 5.94. The lowest BCUT2D eigenvalue weighted by Crippen LogP contribution is -2.46. The number of benzene rings is 1. The van der Waals surface area contributed by atoms with E-state index in [-0.39, 0.29) is 5.91 Å². The Morgan fingerprint density at radius 2 is 2.00 bits per heavy atom. The first kappa shape index (κ1) is 13.6. The molecule has 2 N–H and O–H groups in total. The second-order valence-electron chi connectivity index (χ2n) is 4.46. The SMILES string of the molecule is O=C(C#Cc1ccccc1)NCCN1CCNCC1. The Labute approximate surface area is 114 Å². The predicted molar refractivity (Wildman–Crippen MR) is 75.6 cm³/mol. The minimum Gasteiger partial charge on any atom is -0.344 e. The Hall–Kier alpha value is -1.83. The Bertz CT molecular complexity index is 455. The molecule has 4 nitrogen and oxygen atoms in total. The third-order valence-electron chi connectivity index (χ3n) is 3.02. The molecule has 1 aromatic carbocycles. The molecule has 1 aromatic rings. The van der Waals surface area contributed by atoms with Crippen LogP contribution in [-0.4, -0.2) is 50.1 Å². The quantitative estimate of drug-likeness (QED) is 0.753. The van der Waals surface area contributed by atoms with Crippen molar-refractivity contribution in [1.29, 1.82) is 0 Å². The second kappa shape index (κ2) is 7.57. The average molecular weight is 257 g/mol. The predicted octanol–water partition coefficient (Wildman–Crippen LogP) is 0.0595. The molecule has 0 aromatic heterocycles. The standard InChI is InChI=1S/C15H19N3O/c19-15(7-6-14-4-2-1-3-5-14)17-10-13-18-11-8-16-9-12-18/h1-5,16H,8-13H2,(H,17,19). The lowest BCUT2D eigenvalue weighted by Gasteiger charge is -2.26. The van der Waals surface area contributed by atoms with Gasteiger partial charge in [0, 0.05) is 50.8 Å². The fourth-order valence-electron chi connectivity index (χ4n) is 1.96. The molecular weight excluding hydrogens is 238 g/mol. The zero-order valence-corrected chi connectivity index (χ0v) is 11.0. The number of piperazine rings is 1. The molecule has 100 valence electrons. The minimum absolute atomic E-state index is 0.209. The van der Waals surface area contributed by atoms with Gasteiger partial charge in [-0.2, -0.15) is 0 Å². The van der Waals surface area contributed by atoms with Crippen molar-refractivity contribution < 1.29 is 4.79 Å². The summed E-state index contributed by atoms with van der Waals surface area (Å²) in [6.07, 6.45) is 0. The van der Waals surface area contributed by atoms with E-state index >= 15 is 0 Å². The molecule has 1 fully saturated rings. The Balaban J connectivity index is 1.68. The molecule has 1 aliphatic rings. The van der Waals surface area contributed by atoms with Crippen molar-refractivity contribution in [3.8, 4) is 11.8 Å². The number of hydrogen-bond acceptors (Lipinski definition) is 3. The van der Waals surface area contributed by atoms with Gasteiger partial charge in [-0.25, -0.2) is 0 Å². The van der Waals surface area contributed by atoms with Crippen LogP contribution in [0.5, 0.6) is 0 Å². The van der Waals surface area contributed by atoms with E-state index in [1.165, 1.54) is 0 Å². The summed E-state index contributed by atoms with van der Waals surface area (Å²) in [5.41, 5.74) is 0.861. The molecule has 0 unspecified atom stereocenters. The highest BCUT2D eigenvalue weighted by Gasteiger charge is 2.08. The van der Waals surface area contributed by atoms with Gasteiger partial charge in [0.1, 0.15) is 0 Å². The van der Waals surface area contributed by atoms with Crippen LogP contribution in [-0.2, 0) is 4.79 Å². The molecule has 19 heavy (non-hydrogen) atoms.